The first kappa shape index (κ1) is 22.3. The minimum atomic E-state index is -0.113. The molecule has 4 rings (SSSR count). The first-order chi connectivity index (χ1) is 14.1. The highest BCUT2D eigenvalue weighted by Gasteiger charge is 2.35. The van der Waals surface area contributed by atoms with Crippen LogP contribution in [0.5, 0.6) is 0 Å². The Balaban J connectivity index is 1.67. The molecular formula is C24H33BrO4. The van der Waals surface area contributed by atoms with E-state index in [0.717, 1.165) is 51.4 Å². The first-order valence-corrected chi connectivity index (χ1v) is 12.0. The lowest BCUT2D eigenvalue weighted by Gasteiger charge is -2.39. The van der Waals surface area contributed by atoms with Crippen molar-refractivity contribution < 1.29 is 19.1 Å². The van der Waals surface area contributed by atoms with Crippen molar-refractivity contribution in [2.24, 2.45) is 17.8 Å². The van der Waals surface area contributed by atoms with Crippen LogP contribution in [0.4, 0.5) is 0 Å². The molecule has 160 valence electrons. The van der Waals surface area contributed by atoms with Crippen LogP contribution in [0.2, 0.25) is 0 Å². The number of halogens is 1. The minimum Gasteiger partial charge on any atom is -0.466 e. The molecule has 0 amide bonds. The van der Waals surface area contributed by atoms with E-state index in [1.807, 2.05) is 0 Å². The fourth-order valence-corrected chi connectivity index (χ4v) is 5.69. The molecule has 3 fully saturated rings. The molecule has 4 atom stereocenters. The summed E-state index contributed by atoms with van der Waals surface area (Å²) in [5.74, 6) is 1.37. The van der Waals surface area contributed by atoms with Gasteiger partial charge in [0.25, 0.3) is 0 Å². The van der Waals surface area contributed by atoms with E-state index in [2.05, 4.69) is 46.3 Å². The van der Waals surface area contributed by atoms with Crippen LogP contribution in [-0.4, -0.2) is 30.0 Å². The lowest BCUT2D eigenvalue weighted by molar-refractivity contribution is -0.145. The summed E-state index contributed by atoms with van der Waals surface area (Å²) in [6.07, 6.45) is 8.37. The Morgan fingerprint density at radius 3 is 2.10 bits per heavy atom. The Kier molecular flexibility index (Phi) is 9.03. The van der Waals surface area contributed by atoms with Crippen molar-refractivity contribution in [3.8, 4) is 0 Å². The third-order valence-corrected chi connectivity index (χ3v) is 7.54. The molecule has 0 N–H and O–H groups in total. The molecule has 4 nitrogen and oxygen atoms in total. The van der Waals surface area contributed by atoms with Gasteiger partial charge in [-0.2, -0.15) is 0 Å². The number of hydrogen-bond acceptors (Lipinski definition) is 4. The monoisotopic (exact) mass is 464 g/mol. The molecule has 1 saturated carbocycles. The van der Waals surface area contributed by atoms with Crippen molar-refractivity contribution in [3.63, 3.8) is 0 Å². The minimum absolute atomic E-state index is 0.111. The number of ether oxygens (including phenoxy) is 2. The second-order valence-corrected chi connectivity index (χ2v) is 9.71. The van der Waals surface area contributed by atoms with Gasteiger partial charge in [0, 0.05) is 17.7 Å². The summed E-state index contributed by atoms with van der Waals surface area (Å²) in [6.45, 7) is 1.02. The summed E-state index contributed by atoms with van der Waals surface area (Å²) in [5, 5.41) is 0. The summed E-state index contributed by atoms with van der Waals surface area (Å²) in [5.41, 5.74) is 1.36. The number of alkyl halides is 1. The Morgan fingerprint density at radius 2 is 1.45 bits per heavy atom. The van der Waals surface area contributed by atoms with Crippen molar-refractivity contribution in [2.75, 3.05) is 13.2 Å². The van der Waals surface area contributed by atoms with E-state index in [1.165, 1.54) is 5.56 Å². The second-order valence-electron chi connectivity index (χ2n) is 8.54. The van der Waals surface area contributed by atoms with Gasteiger partial charge in [-0.3, -0.25) is 9.59 Å². The zero-order valence-corrected chi connectivity index (χ0v) is 18.8. The van der Waals surface area contributed by atoms with Gasteiger partial charge in [-0.1, -0.05) is 52.7 Å². The largest absolute Gasteiger partial charge is 0.466 e. The topological polar surface area (TPSA) is 52.6 Å². The Morgan fingerprint density at radius 1 is 0.828 bits per heavy atom. The maximum atomic E-state index is 12.0. The fourth-order valence-electron chi connectivity index (χ4n) is 4.73. The van der Waals surface area contributed by atoms with Gasteiger partial charge in [0.1, 0.15) is 0 Å². The summed E-state index contributed by atoms with van der Waals surface area (Å²) in [6, 6.07) is 10.6. The molecule has 2 aliphatic heterocycles. The molecule has 1 aromatic carbocycles. The number of rotatable bonds is 2. The van der Waals surface area contributed by atoms with E-state index < -0.39 is 0 Å². The average molecular weight is 465 g/mol. The van der Waals surface area contributed by atoms with Crippen molar-refractivity contribution in [1.29, 1.82) is 0 Å². The maximum absolute atomic E-state index is 12.0. The number of carbonyl (C=O) groups excluding carboxylic acids is 2. The number of hydrogen-bond donors (Lipinski definition) is 0. The van der Waals surface area contributed by atoms with Gasteiger partial charge in [0.2, 0.25) is 0 Å². The van der Waals surface area contributed by atoms with Gasteiger partial charge in [0.05, 0.1) is 13.2 Å². The van der Waals surface area contributed by atoms with Gasteiger partial charge in [-0.25, -0.2) is 0 Å². The fraction of sp³-hybridized carbons (Fsp3) is 0.667. The molecule has 5 heteroatoms. The van der Waals surface area contributed by atoms with Crippen LogP contribution < -0.4 is 0 Å². The van der Waals surface area contributed by atoms with Gasteiger partial charge >= 0.3 is 11.9 Å². The molecule has 29 heavy (non-hydrogen) atoms. The highest BCUT2D eigenvalue weighted by molar-refractivity contribution is 9.09. The zero-order valence-electron chi connectivity index (χ0n) is 17.2. The predicted octanol–water partition coefficient (Wildman–Crippen LogP) is 5.47. The molecule has 2 unspecified atom stereocenters. The normalized spacial score (nSPS) is 30.2. The smallest absolute Gasteiger partial charge is 0.305 e. The molecule has 2 saturated heterocycles. The van der Waals surface area contributed by atoms with Gasteiger partial charge in [-0.05, 0) is 68.3 Å². The Hall–Kier alpha value is -1.36. The molecule has 1 aliphatic carbocycles. The molecule has 0 spiro atoms. The van der Waals surface area contributed by atoms with E-state index in [4.69, 9.17) is 9.47 Å². The lowest BCUT2D eigenvalue weighted by atomic mass is 9.70. The van der Waals surface area contributed by atoms with Crippen LogP contribution >= 0.6 is 15.9 Å². The van der Waals surface area contributed by atoms with Crippen LogP contribution in [0.1, 0.15) is 63.4 Å². The number of fused-ring (bicyclic) bond motifs is 14. The number of esters is 2. The Labute approximate surface area is 182 Å². The van der Waals surface area contributed by atoms with E-state index in [-0.39, 0.29) is 11.9 Å². The highest BCUT2D eigenvalue weighted by Crippen LogP contribution is 2.42. The second kappa shape index (κ2) is 11.7. The molecular weight excluding hydrogens is 432 g/mol. The van der Waals surface area contributed by atoms with E-state index in [9.17, 15) is 9.59 Å². The first-order valence-electron chi connectivity index (χ1n) is 11.1. The standard InChI is InChI=1S/C24H33BrO4/c25-22-17-19-11-13-28-23(26)9-5-2-6-10-24(27)29-14-12-20(22)16-21(19)15-18-7-3-1-4-8-18/h1,3-4,7-8,19-22H,2,5-6,9-17H2/t19?,20-,21+,22?/m0/s1. The van der Waals surface area contributed by atoms with Crippen LogP contribution in [0, 0.1) is 17.8 Å². The van der Waals surface area contributed by atoms with Gasteiger partial charge in [0.15, 0.2) is 0 Å². The van der Waals surface area contributed by atoms with Gasteiger partial charge < -0.3 is 9.47 Å². The molecule has 1 aromatic rings. The van der Waals surface area contributed by atoms with Crippen molar-refractivity contribution >= 4 is 27.9 Å². The lowest BCUT2D eigenvalue weighted by Crippen LogP contribution is -2.35. The van der Waals surface area contributed by atoms with E-state index in [1.54, 1.807) is 0 Å². The summed E-state index contributed by atoms with van der Waals surface area (Å²) >= 11 is 3.90. The summed E-state index contributed by atoms with van der Waals surface area (Å²) in [4.78, 5) is 24.4. The quantitative estimate of drug-likeness (QED) is 0.430. The van der Waals surface area contributed by atoms with Crippen LogP contribution in [0.25, 0.3) is 0 Å². The maximum Gasteiger partial charge on any atom is 0.305 e. The number of benzene rings is 1. The van der Waals surface area contributed by atoms with Crippen LogP contribution in [-0.2, 0) is 25.5 Å². The third-order valence-electron chi connectivity index (χ3n) is 6.42. The number of carbonyl (C=O) groups is 2. The molecule has 0 aromatic heterocycles. The van der Waals surface area contributed by atoms with E-state index in [0.29, 0.717) is 48.6 Å². The third kappa shape index (κ3) is 7.44. The van der Waals surface area contributed by atoms with Gasteiger partial charge in [-0.15, -0.1) is 0 Å². The van der Waals surface area contributed by atoms with Crippen molar-refractivity contribution in [3.05, 3.63) is 35.9 Å². The van der Waals surface area contributed by atoms with Crippen molar-refractivity contribution in [2.45, 2.75) is 69.0 Å². The SMILES string of the molecule is O=C1CCCCCC(=O)OCC[C@H]2C[C@@H](Cc3ccccc3)C(CCO1)CC2Br. The summed E-state index contributed by atoms with van der Waals surface area (Å²) in [7, 11) is 0. The van der Waals surface area contributed by atoms with Crippen LogP contribution in [0.3, 0.4) is 0 Å². The van der Waals surface area contributed by atoms with Crippen LogP contribution in [0.15, 0.2) is 30.3 Å². The highest BCUT2D eigenvalue weighted by atomic mass is 79.9. The molecule has 2 bridgehead atoms. The summed E-state index contributed by atoms with van der Waals surface area (Å²) < 4.78 is 11.0. The average Bonchev–Trinajstić information content (AvgIpc) is 2.71. The molecule has 3 aliphatic rings. The molecule has 2 heterocycles. The van der Waals surface area contributed by atoms with Crippen molar-refractivity contribution in [1.82, 2.24) is 0 Å². The Bertz CT molecular complexity index is 648. The predicted molar refractivity (Wildman–Crippen MR) is 117 cm³/mol. The zero-order chi connectivity index (χ0) is 20.5. The van der Waals surface area contributed by atoms with E-state index >= 15 is 0 Å². The molecule has 0 radical (unpaired) electrons.